The van der Waals surface area contributed by atoms with Gasteiger partial charge in [0.05, 0.1) is 5.52 Å². The maximum atomic E-state index is 5.45. The van der Waals surface area contributed by atoms with Crippen LogP contribution < -0.4 is 14.8 Å². The molecule has 1 N–H and O–H groups in total. The largest absolute Gasteiger partial charge is 0.454 e. The number of para-hydroxylation sites is 1. The van der Waals surface area contributed by atoms with E-state index in [0.29, 0.717) is 19.3 Å². The minimum absolute atomic E-state index is 0.293. The van der Waals surface area contributed by atoms with Crippen LogP contribution in [0.3, 0.4) is 0 Å². The highest BCUT2D eigenvalue weighted by atomic mass is 16.7. The van der Waals surface area contributed by atoms with E-state index in [9.17, 15) is 0 Å². The molecule has 3 aromatic rings. The van der Waals surface area contributed by atoms with Crippen molar-refractivity contribution in [2.24, 2.45) is 5.92 Å². The molecule has 0 atom stereocenters. The second kappa shape index (κ2) is 6.59. The molecule has 0 amide bonds. The van der Waals surface area contributed by atoms with Crippen LogP contribution in [-0.2, 0) is 13.0 Å². The van der Waals surface area contributed by atoms with Crippen molar-refractivity contribution in [2.45, 2.75) is 26.8 Å². The van der Waals surface area contributed by atoms with Gasteiger partial charge < -0.3 is 14.8 Å². The Morgan fingerprint density at radius 1 is 1.04 bits per heavy atom. The highest BCUT2D eigenvalue weighted by Gasteiger charge is 2.14. The molecule has 1 aromatic heterocycles. The third-order valence-corrected chi connectivity index (χ3v) is 4.14. The first-order valence-electron chi connectivity index (χ1n) is 8.57. The monoisotopic (exact) mass is 335 g/mol. The lowest BCUT2D eigenvalue weighted by Crippen LogP contribution is -2.07. The number of aromatic nitrogens is 2. The summed E-state index contributed by atoms with van der Waals surface area (Å²) in [5.74, 6) is 3.87. The van der Waals surface area contributed by atoms with Crippen LogP contribution >= 0.6 is 0 Å². The molecule has 5 heteroatoms. The maximum Gasteiger partial charge on any atom is 0.231 e. The number of rotatable bonds is 5. The molecule has 4 rings (SSSR count). The molecular formula is C20H21N3O2. The van der Waals surface area contributed by atoms with Crippen molar-refractivity contribution in [3.8, 4) is 11.5 Å². The molecule has 0 spiro atoms. The second-order valence-corrected chi connectivity index (χ2v) is 6.64. The van der Waals surface area contributed by atoms with Gasteiger partial charge in [0.1, 0.15) is 11.6 Å². The van der Waals surface area contributed by atoms with Gasteiger partial charge in [-0.05, 0) is 35.7 Å². The summed E-state index contributed by atoms with van der Waals surface area (Å²) >= 11 is 0. The van der Waals surface area contributed by atoms with Crippen LogP contribution in [0.5, 0.6) is 11.5 Å². The van der Waals surface area contributed by atoms with Gasteiger partial charge in [-0.15, -0.1) is 0 Å². The molecule has 0 bridgehead atoms. The molecule has 0 fully saturated rings. The Labute approximate surface area is 147 Å². The van der Waals surface area contributed by atoms with Crippen molar-refractivity contribution in [1.82, 2.24) is 9.97 Å². The van der Waals surface area contributed by atoms with Gasteiger partial charge in [-0.2, -0.15) is 0 Å². The standard InChI is InChI=1S/C20H21N3O2/c1-13(2)9-19-22-16-6-4-3-5-15(16)20(23-19)21-11-14-7-8-17-18(10-14)25-12-24-17/h3-8,10,13H,9,11-12H2,1-2H3,(H,21,22,23). The van der Waals surface area contributed by atoms with Gasteiger partial charge >= 0.3 is 0 Å². The molecule has 1 aliphatic heterocycles. The number of hydrogen-bond acceptors (Lipinski definition) is 5. The molecule has 0 unspecified atom stereocenters. The third kappa shape index (κ3) is 3.36. The lowest BCUT2D eigenvalue weighted by molar-refractivity contribution is 0.174. The molecule has 2 aromatic carbocycles. The smallest absolute Gasteiger partial charge is 0.231 e. The van der Waals surface area contributed by atoms with Gasteiger partial charge in [0, 0.05) is 18.4 Å². The van der Waals surface area contributed by atoms with Crippen LogP contribution in [0.1, 0.15) is 25.2 Å². The van der Waals surface area contributed by atoms with Crippen molar-refractivity contribution in [3.63, 3.8) is 0 Å². The Balaban J connectivity index is 1.61. The van der Waals surface area contributed by atoms with Crippen LogP contribution in [0.25, 0.3) is 10.9 Å². The van der Waals surface area contributed by atoms with Crippen molar-refractivity contribution >= 4 is 16.7 Å². The molecule has 5 nitrogen and oxygen atoms in total. The minimum Gasteiger partial charge on any atom is -0.454 e. The zero-order valence-electron chi connectivity index (χ0n) is 14.5. The van der Waals surface area contributed by atoms with Crippen molar-refractivity contribution < 1.29 is 9.47 Å². The minimum atomic E-state index is 0.293. The number of anilines is 1. The zero-order valence-corrected chi connectivity index (χ0v) is 14.5. The fourth-order valence-corrected chi connectivity index (χ4v) is 2.95. The fraction of sp³-hybridized carbons (Fsp3) is 0.300. The molecule has 25 heavy (non-hydrogen) atoms. The van der Waals surface area contributed by atoms with Crippen LogP contribution in [0, 0.1) is 5.92 Å². The van der Waals surface area contributed by atoms with E-state index in [-0.39, 0.29) is 0 Å². The van der Waals surface area contributed by atoms with E-state index in [0.717, 1.165) is 46.0 Å². The van der Waals surface area contributed by atoms with Crippen LogP contribution in [-0.4, -0.2) is 16.8 Å². The summed E-state index contributed by atoms with van der Waals surface area (Å²) in [4.78, 5) is 9.44. The van der Waals surface area contributed by atoms with E-state index in [4.69, 9.17) is 19.4 Å². The predicted molar refractivity (Wildman–Crippen MR) is 98.0 cm³/mol. The van der Waals surface area contributed by atoms with Gasteiger partial charge in [-0.3, -0.25) is 0 Å². The second-order valence-electron chi connectivity index (χ2n) is 6.64. The summed E-state index contributed by atoms with van der Waals surface area (Å²) in [6.45, 7) is 5.32. The van der Waals surface area contributed by atoms with E-state index in [2.05, 4.69) is 25.2 Å². The summed E-state index contributed by atoms with van der Waals surface area (Å²) in [6, 6.07) is 14.1. The van der Waals surface area contributed by atoms with Crippen molar-refractivity contribution in [3.05, 3.63) is 53.9 Å². The normalized spacial score (nSPS) is 12.8. The molecule has 0 aliphatic carbocycles. The van der Waals surface area contributed by atoms with Gasteiger partial charge in [0.15, 0.2) is 11.5 Å². The van der Waals surface area contributed by atoms with Crippen molar-refractivity contribution in [2.75, 3.05) is 12.1 Å². The average molecular weight is 335 g/mol. The Hall–Kier alpha value is -2.82. The molecule has 2 heterocycles. The Bertz CT molecular complexity index is 909. The Morgan fingerprint density at radius 3 is 2.76 bits per heavy atom. The van der Waals surface area contributed by atoms with Gasteiger partial charge in [0.25, 0.3) is 0 Å². The van der Waals surface area contributed by atoms with E-state index >= 15 is 0 Å². The van der Waals surface area contributed by atoms with Gasteiger partial charge in [-0.25, -0.2) is 9.97 Å². The van der Waals surface area contributed by atoms with Gasteiger partial charge in [-0.1, -0.05) is 32.0 Å². The van der Waals surface area contributed by atoms with Crippen LogP contribution in [0.2, 0.25) is 0 Å². The number of ether oxygens (including phenoxy) is 2. The summed E-state index contributed by atoms with van der Waals surface area (Å²) in [6.07, 6.45) is 0.865. The van der Waals surface area contributed by atoms with Crippen LogP contribution in [0.15, 0.2) is 42.5 Å². The molecule has 0 saturated heterocycles. The SMILES string of the molecule is CC(C)Cc1nc(NCc2ccc3c(c2)OCO3)c2ccccc2n1. The van der Waals surface area contributed by atoms with E-state index in [1.807, 2.05) is 36.4 Å². The average Bonchev–Trinajstić information content (AvgIpc) is 3.07. The molecule has 1 aliphatic rings. The molecule has 0 radical (unpaired) electrons. The fourth-order valence-electron chi connectivity index (χ4n) is 2.95. The van der Waals surface area contributed by atoms with Crippen LogP contribution in [0.4, 0.5) is 5.82 Å². The Morgan fingerprint density at radius 2 is 1.88 bits per heavy atom. The number of hydrogen-bond donors (Lipinski definition) is 1. The van der Waals surface area contributed by atoms with E-state index < -0.39 is 0 Å². The van der Waals surface area contributed by atoms with E-state index in [1.54, 1.807) is 0 Å². The highest BCUT2D eigenvalue weighted by molar-refractivity contribution is 5.88. The number of nitrogens with one attached hydrogen (secondary N) is 1. The number of fused-ring (bicyclic) bond motifs is 2. The zero-order chi connectivity index (χ0) is 17.2. The summed E-state index contributed by atoms with van der Waals surface area (Å²) in [7, 11) is 0. The van der Waals surface area contributed by atoms with Gasteiger partial charge in [0.2, 0.25) is 6.79 Å². The summed E-state index contributed by atoms with van der Waals surface area (Å²) < 4.78 is 10.8. The first-order valence-corrected chi connectivity index (χ1v) is 8.57. The topological polar surface area (TPSA) is 56.3 Å². The molecule has 128 valence electrons. The highest BCUT2D eigenvalue weighted by Crippen LogP contribution is 2.32. The maximum absolute atomic E-state index is 5.45. The molecule has 0 saturated carbocycles. The first-order chi connectivity index (χ1) is 12.2. The lowest BCUT2D eigenvalue weighted by Gasteiger charge is -2.12. The first kappa shape index (κ1) is 15.7. The quantitative estimate of drug-likeness (QED) is 0.758. The lowest BCUT2D eigenvalue weighted by atomic mass is 10.1. The summed E-state index contributed by atoms with van der Waals surface area (Å²) in [5, 5.41) is 4.50. The molecular weight excluding hydrogens is 314 g/mol. The third-order valence-electron chi connectivity index (χ3n) is 4.14. The Kier molecular flexibility index (Phi) is 4.14. The predicted octanol–water partition coefficient (Wildman–Crippen LogP) is 4.17. The summed E-state index contributed by atoms with van der Waals surface area (Å²) in [5.41, 5.74) is 2.10. The van der Waals surface area contributed by atoms with E-state index in [1.165, 1.54) is 0 Å². The number of benzene rings is 2. The number of nitrogens with zero attached hydrogens (tertiary/aromatic N) is 2. The van der Waals surface area contributed by atoms with Crippen molar-refractivity contribution in [1.29, 1.82) is 0 Å².